The zero-order chi connectivity index (χ0) is 26.6. The molecule has 9 atom stereocenters. The van der Waals surface area contributed by atoms with Crippen LogP contribution < -0.4 is 0 Å². The second-order valence-electron chi connectivity index (χ2n) is 15.9. The Morgan fingerprint density at radius 2 is 1.54 bits per heavy atom. The summed E-state index contributed by atoms with van der Waals surface area (Å²) < 4.78 is 5.82. The predicted octanol–water partition coefficient (Wildman–Crippen LogP) is 7.76. The molecule has 0 spiro atoms. The van der Waals surface area contributed by atoms with E-state index >= 15 is 0 Å². The molecule has 0 aliphatic heterocycles. The number of methoxy groups -OCH3 is 1. The van der Waals surface area contributed by atoms with Gasteiger partial charge in [0.15, 0.2) is 0 Å². The maximum Gasteiger partial charge on any atom is 0.312 e. The van der Waals surface area contributed by atoms with E-state index in [0.29, 0.717) is 23.7 Å². The first kappa shape index (κ1) is 25.8. The Morgan fingerprint density at radius 1 is 0.838 bits per heavy atom. The van der Waals surface area contributed by atoms with Gasteiger partial charge in [-0.1, -0.05) is 48.5 Å². The van der Waals surface area contributed by atoms with Gasteiger partial charge in [0.05, 0.1) is 23.9 Å². The highest BCUT2D eigenvalue weighted by Gasteiger charge is 2.75. The van der Waals surface area contributed by atoms with Crippen molar-refractivity contribution in [3.63, 3.8) is 0 Å². The average molecular weight is 507 g/mol. The van der Waals surface area contributed by atoms with Crippen molar-refractivity contribution in [1.29, 1.82) is 0 Å². The van der Waals surface area contributed by atoms with Crippen molar-refractivity contribution < 1.29 is 9.53 Å². The zero-order valence-corrected chi connectivity index (χ0v) is 24.7. The van der Waals surface area contributed by atoms with Crippen molar-refractivity contribution in [2.75, 3.05) is 7.11 Å². The van der Waals surface area contributed by atoms with E-state index in [4.69, 9.17) is 14.7 Å². The van der Waals surface area contributed by atoms with Gasteiger partial charge in [-0.15, -0.1) is 0 Å². The highest BCUT2D eigenvalue weighted by atomic mass is 16.5. The summed E-state index contributed by atoms with van der Waals surface area (Å²) in [7, 11) is 1.65. The Hall–Kier alpha value is -1.45. The van der Waals surface area contributed by atoms with Crippen molar-refractivity contribution >= 4 is 5.97 Å². The second-order valence-corrected chi connectivity index (χ2v) is 15.9. The van der Waals surface area contributed by atoms with Crippen LogP contribution in [0.15, 0.2) is 12.4 Å². The van der Waals surface area contributed by atoms with Gasteiger partial charge in [-0.25, -0.2) is 0 Å². The fourth-order valence-electron chi connectivity index (χ4n) is 11.7. The first-order valence-electron chi connectivity index (χ1n) is 15.2. The predicted molar refractivity (Wildman–Crippen MR) is 147 cm³/mol. The molecule has 4 nitrogen and oxygen atoms in total. The molecular formula is C33H50N2O2. The molecule has 0 radical (unpaired) electrons. The Labute approximate surface area is 225 Å². The molecule has 1 aromatic rings. The monoisotopic (exact) mass is 506 g/mol. The van der Waals surface area contributed by atoms with Crippen molar-refractivity contribution in [3.05, 3.63) is 23.8 Å². The molecule has 204 valence electrons. The minimum atomic E-state index is -0.373. The number of rotatable bonds is 1. The molecular weight excluding hydrogens is 456 g/mol. The third-order valence-electron chi connectivity index (χ3n) is 14.1. The molecule has 0 unspecified atom stereocenters. The fraction of sp³-hybridized carbons (Fsp3) is 0.848. The molecule has 1 aromatic heterocycles. The van der Waals surface area contributed by atoms with E-state index in [9.17, 15) is 4.79 Å². The van der Waals surface area contributed by atoms with E-state index < -0.39 is 0 Å². The summed E-state index contributed by atoms with van der Waals surface area (Å²) in [5, 5.41) is 0. The normalized spacial score (nSPS) is 49.9. The quantitative estimate of drug-likeness (QED) is 0.365. The van der Waals surface area contributed by atoms with Gasteiger partial charge in [-0.05, 0) is 109 Å². The summed E-state index contributed by atoms with van der Waals surface area (Å²) in [6.07, 6.45) is 15.4. The van der Waals surface area contributed by atoms with Crippen molar-refractivity contribution in [2.24, 2.45) is 50.2 Å². The average Bonchev–Trinajstić information content (AvgIpc) is 2.86. The molecule has 0 N–H and O–H groups in total. The third-order valence-corrected chi connectivity index (χ3v) is 14.1. The lowest BCUT2D eigenvalue weighted by Crippen LogP contribution is -2.70. The van der Waals surface area contributed by atoms with E-state index in [1.807, 2.05) is 12.4 Å². The molecule has 6 rings (SSSR count). The molecule has 4 fully saturated rings. The van der Waals surface area contributed by atoms with Crippen LogP contribution in [-0.4, -0.2) is 23.0 Å². The van der Waals surface area contributed by atoms with Gasteiger partial charge >= 0.3 is 5.97 Å². The van der Waals surface area contributed by atoms with Gasteiger partial charge in [0.2, 0.25) is 0 Å². The summed E-state index contributed by atoms with van der Waals surface area (Å²) in [4.78, 5) is 23.9. The number of hydrogen-bond donors (Lipinski definition) is 0. The van der Waals surface area contributed by atoms with E-state index in [2.05, 4.69) is 48.5 Å². The topological polar surface area (TPSA) is 52.1 Å². The van der Waals surface area contributed by atoms with Crippen LogP contribution >= 0.6 is 0 Å². The SMILES string of the molecule is COC(=O)[C@@]12CC[C@@]3(C)[C@@H]4Cc5nccnc5[C@H](C)[C@@]4(C)CC[C@@H]3[C@@]1(C)CC[C@@]1(C)CCC(C)(C)C[C@H]12. The van der Waals surface area contributed by atoms with E-state index in [1.165, 1.54) is 43.5 Å². The fourth-order valence-corrected chi connectivity index (χ4v) is 11.7. The molecule has 4 saturated carbocycles. The molecule has 5 aliphatic carbocycles. The van der Waals surface area contributed by atoms with Gasteiger partial charge < -0.3 is 4.74 Å². The number of nitrogens with zero attached hydrogens (tertiary/aromatic N) is 2. The van der Waals surface area contributed by atoms with Crippen molar-refractivity contribution in [3.8, 4) is 0 Å². The van der Waals surface area contributed by atoms with Gasteiger partial charge in [-0.2, -0.15) is 0 Å². The summed E-state index contributed by atoms with van der Waals surface area (Å²) in [6.45, 7) is 17.5. The molecule has 37 heavy (non-hydrogen) atoms. The second kappa shape index (κ2) is 7.81. The largest absolute Gasteiger partial charge is 0.469 e. The Morgan fingerprint density at radius 3 is 2.27 bits per heavy atom. The minimum Gasteiger partial charge on any atom is -0.469 e. The highest BCUT2D eigenvalue weighted by molar-refractivity contribution is 5.79. The van der Waals surface area contributed by atoms with Crippen LogP contribution in [0.25, 0.3) is 0 Å². The zero-order valence-electron chi connectivity index (χ0n) is 24.7. The molecule has 0 amide bonds. The number of aromatic nitrogens is 2. The van der Waals surface area contributed by atoms with Gasteiger partial charge in [0, 0.05) is 18.3 Å². The van der Waals surface area contributed by atoms with Crippen LogP contribution in [0.2, 0.25) is 0 Å². The summed E-state index contributed by atoms with van der Waals surface area (Å²) in [5.41, 5.74) is 3.00. The van der Waals surface area contributed by atoms with Crippen LogP contribution in [0.3, 0.4) is 0 Å². The number of fused-ring (bicyclic) bond motifs is 8. The lowest BCUT2D eigenvalue weighted by molar-refractivity contribution is -0.261. The Balaban J connectivity index is 1.47. The summed E-state index contributed by atoms with van der Waals surface area (Å²) >= 11 is 0. The first-order chi connectivity index (χ1) is 17.3. The maximum atomic E-state index is 14.2. The first-order valence-corrected chi connectivity index (χ1v) is 15.2. The molecule has 0 aromatic carbocycles. The number of carbonyl (C=O) groups is 1. The third kappa shape index (κ3) is 3.11. The van der Waals surface area contributed by atoms with Crippen molar-refractivity contribution in [1.82, 2.24) is 9.97 Å². The molecule has 5 aliphatic rings. The highest BCUT2D eigenvalue weighted by Crippen LogP contribution is 2.78. The Bertz CT molecular complexity index is 1120. The van der Waals surface area contributed by atoms with Crippen LogP contribution in [0, 0.1) is 50.2 Å². The lowest BCUT2D eigenvalue weighted by Gasteiger charge is -2.74. The lowest BCUT2D eigenvalue weighted by atomic mass is 9.29. The molecule has 1 heterocycles. The van der Waals surface area contributed by atoms with E-state index in [1.54, 1.807) is 7.11 Å². The summed E-state index contributed by atoms with van der Waals surface area (Å²) in [6, 6.07) is 0. The van der Waals surface area contributed by atoms with Crippen LogP contribution in [-0.2, 0) is 16.0 Å². The minimum absolute atomic E-state index is 0.0299. The molecule has 4 heteroatoms. The standard InChI is InChI=1S/C33H50N2O2/c1-21-26-22(34-17-18-35-26)19-24-30(21,5)10-9-23-31(24,6)14-16-33(27(36)37-8)25-20-28(2,3)11-12-29(25,4)13-15-32(23,33)7/h17-18,21,23-25H,9-16,19-20H2,1-8H3/t21-,23-,24+,25+,29+,30+,31+,32+,33-/m0/s1. The smallest absolute Gasteiger partial charge is 0.312 e. The van der Waals surface area contributed by atoms with Crippen LogP contribution in [0.5, 0.6) is 0 Å². The van der Waals surface area contributed by atoms with Gasteiger partial charge in [0.25, 0.3) is 0 Å². The maximum absolute atomic E-state index is 14.2. The number of carbonyl (C=O) groups excluding carboxylic acids is 1. The number of esters is 1. The van der Waals surface area contributed by atoms with E-state index in [0.717, 1.165) is 32.1 Å². The number of ether oxygens (including phenoxy) is 1. The van der Waals surface area contributed by atoms with Crippen LogP contribution in [0.4, 0.5) is 0 Å². The number of hydrogen-bond acceptors (Lipinski definition) is 4. The molecule has 0 saturated heterocycles. The van der Waals surface area contributed by atoms with Crippen LogP contribution in [0.1, 0.15) is 124 Å². The van der Waals surface area contributed by atoms with Gasteiger partial charge in [-0.3, -0.25) is 14.8 Å². The van der Waals surface area contributed by atoms with Gasteiger partial charge in [0.1, 0.15) is 0 Å². The van der Waals surface area contributed by atoms with E-state index in [-0.39, 0.29) is 38.5 Å². The summed E-state index contributed by atoms with van der Waals surface area (Å²) in [5.74, 6) is 2.03. The van der Waals surface area contributed by atoms with Crippen molar-refractivity contribution in [2.45, 2.75) is 119 Å². The molecule has 0 bridgehead atoms. The Kier molecular flexibility index (Phi) is 5.45.